The smallest absolute Gasteiger partial charge is 0.387 e. The lowest BCUT2D eigenvalue weighted by Crippen LogP contribution is -2.15. The van der Waals surface area contributed by atoms with E-state index in [0.29, 0.717) is 17.4 Å². The van der Waals surface area contributed by atoms with Gasteiger partial charge in [0.1, 0.15) is 5.75 Å². The van der Waals surface area contributed by atoms with Crippen LogP contribution in [0.15, 0.2) is 40.9 Å². The molecule has 3 rings (SSSR count). The molecule has 1 aromatic carbocycles. The first-order valence-electron chi connectivity index (χ1n) is 7.47. The molecule has 2 aromatic heterocycles. The van der Waals surface area contributed by atoms with E-state index < -0.39 is 6.61 Å². The third-order valence-corrected chi connectivity index (χ3v) is 5.26. The first-order valence-corrected chi connectivity index (χ1v) is 9.71. The first-order chi connectivity index (χ1) is 13.0. The third-order valence-electron chi connectivity index (χ3n) is 3.15. The van der Waals surface area contributed by atoms with Crippen LogP contribution < -0.4 is 10.1 Å². The average Bonchev–Trinajstić information content (AvgIpc) is 3.28. The molecule has 27 heavy (non-hydrogen) atoms. The number of aromatic nitrogens is 4. The van der Waals surface area contributed by atoms with Gasteiger partial charge in [0.2, 0.25) is 11.1 Å². The van der Waals surface area contributed by atoms with Gasteiger partial charge in [0.05, 0.1) is 17.3 Å². The molecule has 0 aliphatic heterocycles. The van der Waals surface area contributed by atoms with Gasteiger partial charge in [0, 0.05) is 10.6 Å². The summed E-state index contributed by atoms with van der Waals surface area (Å²) in [4.78, 5) is 13.2. The highest BCUT2D eigenvalue weighted by atomic mass is 35.5. The minimum Gasteiger partial charge on any atom is -0.433 e. The quantitative estimate of drug-likeness (QED) is 0.547. The van der Waals surface area contributed by atoms with Crippen LogP contribution >= 0.6 is 34.7 Å². The van der Waals surface area contributed by atoms with E-state index in [4.69, 9.17) is 11.6 Å². The second kappa shape index (κ2) is 9.11. The monoisotopic (exact) mass is 431 g/mol. The molecular formula is C15H12ClF2N5O2S2. The summed E-state index contributed by atoms with van der Waals surface area (Å²) in [5.74, 6) is -0.409. The van der Waals surface area contributed by atoms with E-state index in [0.717, 1.165) is 4.88 Å². The minimum atomic E-state index is -2.97. The van der Waals surface area contributed by atoms with Crippen molar-refractivity contribution in [1.82, 2.24) is 20.2 Å². The summed E-state index contributed by atoms with van der Waals surface area (Å²) < 4.78 is 30.3. The molecule has 7 nitrogen and oxygen atoms in total. The number of nitrogens with zero attached hydrogens (tertiary/aromatic N) is 4. The van der Waals surface area contributed by atoms with Crippen molar-refractivity contribution in [3.63, 3.8) is 0 Å². The van der Waals surface area contributed by atoms with Gasteiger partial charge in [0.15, 0.2) is 0 Å². The molecule has 0 spiro atoms. The van der Waals surface area contributed by atoms with E-state index >= 15 is 0 Å². The van der Waals surface area contributed by atoms with Crippen molar-refractivity contribution in [3.05, 3.63) is 45.6 Å². The number of alkyl halides is 2. The molecule has 0 saturated carbocycles. The second-order valence-electron chi connectivity index (χ2n) is 5.06. The van der Waals surface area contributed by atoms with Crippen molar-refractivity contribution in [1.29, 1.82) is 0 Å². The highest BCUT2D eigenvalue weighted by Gasteiger charge is 2.13. The predicted octanol–water partition coefficient (Wildman–Crippen LogP) is 3.77. The standard InChI is InChI=1S/C15H12ClF2N5O2S2/c16-11-6-9(3-4-12(11)25-14(17)18)19-13(24)8-27-15-20-21-22-23(15)7-10-2-1-5-26-10/h1-6,14H,7-8H2,(H,19,24). The molecule has 1 N–H and O–H groups in total. The Bertz CT molecular complexity index is 908. The highest BCUT2D eigenvalue weighted by Crippen LogP contribution is 2.29. The second-order valence-corrected chi connectivity index (χ2v) is 7.44. The number of thioether (sulfide) groups is 1. The number of benzene rings is 1. The summed E-state index contributed by atoms with van der Waals surface area (Å²) >= 11 is 8.63. The van der Waals surface area contributed by atoms with Crippen molar-refractivity contribution < 1.29 is 18.3 Å². The van der Waals surface area contributed by atoms with E-state index in [-0.39, 0.29) is 22.4 Å². The van der Waals surface area contributed by atoms with Crippen molar-refractivity contribution in [2.75, 3.05) is 11.1 Å². The van der Waals surface area contributed by atoms with Gasteiger partial charge < -0.3 is 10.1 Å². The number of ether oxygens (including phenoxy) is 1. The topological polar surface area (TPSA) is 81.9 Å². The lowest BCUT2D eigenvalue weighted by atomic mass is 10.3. The third kappa shape index (κ3) is 5.62. The van der Waals surface area contributed by atoms with Gasteiger partial charge in [-0.2, -0.15) is 8.78 Å². The lowest BCUT2D eigenvalue weighted by Gasteiger charge is -2.09. The van der Waals surface area contributed by atoms with Crippen molar-refractivity contribution >= 4 is 46.3 Å². The van der Waals surface area contributed by atoms with Gasteiger partial charge in [-0.15, -0.1) is 16.4 Å². The minimum absolute atomic E-state index is 0.0272. The normalized spacial score (nSPS) is 11.0. The zero-order valence-corrected chi connectivity index (χ0v) is 15.9. The molecule has 1 amide bonds. The maximum atomic E-state index is 12.2. The predicted molar refractivity (Wildman–Crippen MR) is 98.7 cm³/mol. The van der Waals surface area contributed by atoms with Crippen LogP contribution in [0, 0.1) is 0 Å². The Labute approximate surface area is 165 Å². The number of anilines is 1. The van der Waals surface area contributed by atoms with Crippen LogP contribution in [0.4, 0.5) is 14.5 Å². The van der Waals surface area contributed by atoms with E-state index in [9.17, 15) is 13.6 Å². The van der Waals surface area contributed by atoms with Crippen LogP contribution in [-0.2, 0) is 11.3 Å². The van der Waals surface area contributed by atoms with Crippen LogP contribution in [-0.4, -0.2) is 38.5 Å². The number of thiophene rings is 1. The van der Waals surface area contributed by atoms with Gasteiger partial charge in [-0.3, -0.25) is 4.79 Å². The van der Waals surface area contributed by atoms with Crippen LogP contribution in [0.5, 0.6) is 5.75 Å². The number of hydrogen-bond donors (Lipinski definition) is 1. The molecule has 0 fully saturated rings. The van der Waals surface area contributed by atoms with E-state index in [1.165, 1.54) is 30.0 Å². The number of hydrogen-bond acceptors (Lipinski definition) is 7. The maximum Gasteiger partial charge on any atom is 0.387 e. The number of rotatable bonds is 8. The molecule has 142 valence electrons. The molecule has 0 saturated heterocycles. The Balaban J connectivity index is 1.54. The largest absolute Gasteiger partial charge is 0.433 e. The summed E-state index contributed by atoms with van der Waals surface area (Å²) in [7, 11) is 0. The summed E-state index contributed by atoms with van der Waals surface area (Å²) in [6.45, 7) is -2.45. The average molecular weight is 432 g/mol. The van der Waals surface area contributed by atoms with E-state index in [2.05, 4.69) is 25.6 Å². The van der Waals surface area contributed by atoms with Gasteiger partial charge in [0.25, 0.3) is 0 Å². The lowest BCUT2D eigenvalue weighted by molar-refractivity contribution is -0.113. The van der Waals surface area contributed by atoms with Gasteiger partial charge >= 0.3 is 6.61 Å². The Hall–Kier alpha value is -2.24. The van der Waals surface area contributed by atoms with Crippen LogP contribution in [0.3, 0.4) is 0 Å². The number of carbonyl (C=O) groups is 1. The molecule has 12 heteroatoms. The fourth-order valence-corrected chi connectivity index (χ4v) is 3.63. The molecule has 0 atom stereocenters. The molecule has 2 heterocycles. The van der Waals surface area contributed by atoms with Crippen molar-refractivity contribution in [3.8, 4) is 5.75 Å². The number of tetrazole rings is 1. The molecule has 0 radical (unpaired) electrons. The summed E-state index contributed by atoms with van der Waals surface area (Å²) in [5.41, 5.74) is 0.366. The summed E-state index contributed by atoms with van der Waals surface area (Å²) in [6.07, 6.45) is 0. The number of halogens is 3. The van der Waals surface area contributed by atoms with Crippen LogP contribution in [0.1, 0.15) is 4.88 Å². The van der Waals surface area contributed by atoms with Gasteiger partial charge in [-0.25, -0.2) is 4.68 Å². The first kappa shape index (κ1) is 19.5. The zero-order valence-electron chi connectivity index (χ0n) is 13.5. The Morgan fingerprint density at radius 3 is 2.96 bits per heavy atom. The fraction of sp³-hybridized carbons (Fsp3) is 0.200. The number of nitrogens with one attached hydrogen (secondary N) is 1. The fourth-order valence-electron chi connectivity index (χ4n) is 2.05. The molecular weight excluding hydrogens is 420 g/mol. The van der Waals surface area contributed by atoms with Gasteiger partial charge in [-0.05, 0) is 40.1 Å². The Morgan fingerprint density at radius 2 is 2.26 bits per heavy atom. The Morgan fingerprint density at radius 1 is 1.41 bits per heavy atom. The Kier molecular flexibility index (Phi) is 6.58. The zero-order chi connectivity index (χ0) is 19.2. The summed E-state index contributed by atoms with van der Waals surface area (Å²) in [5, 5.41) is 16.5. The molecule has 3 aromatic rings. The van der Waals surface area contributed by atoms with Gasteiger partial charge in [-0.1, -0.05) is 29.4 Å². The molecule has 0 aliphatic rings. The number of amides is 1. The highest BCUT2D eigenvalue weighted by molar-refractivity contribution is 7.99. The van der Waals surface area contributed by atoms with E-state index in [1.54, 1.807) is 16.0 Å². The van der Waals surface area contributed by atoms with E-state index in [1.807, 2.05) is 17.5 Å². The molecule has 0 unspecified atom stereocenters. The van der Waals surface area contributed by atoms with Crippen molar-refractivity contribution in [2.45, 2.75) is 18.3 Å². The van der Waals surface area contributed by atoms with Crippen molar-refractivity contribution in [2.24, 2.45) is 0 Å². The summed E-state index contributed by atoms with van der Waals surface area (Å²) in [6, 6.07) is 7.93. The number of carbonyl (C=O) groups excluding carboxylic acids is 1. The molecule has 0 bridgehead atoms. The SMILES string of the molecule is O=C(CSc1nnnn1Cc1cccs1)Nc1ccc(OC(F)F)c(Cl)c1. The molecule has 0 aliphatic carbocycles. The van der Waals surface area contributed by atoms with Crippen LogP contribution in [0.25, 0.3) is 0 Å². The maximum absolute atomic E-state index is 12.2. The van der Waals surface area contributed by atoms with Crippen LogP contribution in [0.2, 0.25) is 5.02 Å².